The maximum atomic E-state index is 14.7. The molecule has 2 heterocycles. The lowest BCUT2D eigenvalue weighted by Gasteiger charge is -2.14. The molecule has 1 atom stereocenters. The topological polar surface area (TPSA) is 52.0 Å². The van der Waals surface area contributed by atoms with Gasteiger partial charge in [0.1, 0.15) is 15.9 Å². The van der Waals surface area contributed by atoms with Crippen molar-refractivity contribution in [3.8, 4) is 11.3 Å². The third-order valence-corrected chi connectivity index (χ3v) is 7.50. The molecule has 1 unspecified atom stereocenters. The lowest BCUT2D eigenvalue weighted by atomic mass is 10.0. The van der Waals surface area contributed by atoms with Crippen LogP contribution in [0.4, 0.5) is 4.39 Å². The highest BCUT2D eigenvalue weighted by Crippen LogP contribution is 2.44. The molecule has 0 saturated carbocycles. The number of rotatable bonds is 4. The molecule has 0 spiro atoms. The Morgan fingerprint density at radius 1 is 1.25 bits per heavy atom. The fraction of sp³-hybridized carbons (Fsp3) is 0.286. The standard InChI is InChI=1S/C21H20ClFN2O2S/c1-3-14-9-10-15-17(14)12-25(20(15)16-6-4-5-7-18(16)23)28(26,27)19-11-8-13(2)24-21(19)22/h4-8,11-12,14H,3,9-10H2,1-2H3. The molecule has 0 radical (unpaired) electrons. The molecule has 1 aliphatic carbocycles. The van der Waals surface area contributed by atoms with Gasteiger partial charge in [0.15, 0.2) is 0 Å². The first kappa shape index (κ1) is 19.2. The van der Waals surface area contributed by atoms with E-state index in [0.717, 1.165) is 30.4 Å². The lowest BCUT2D eigenvalue weighted by Crippen LogP contribution is -2.15. The van der Waals surface area contributed by atoms with Crippen molar-refractivity contribution in [3.05, 3.63) is 70.4 Å². The Kier molecular flexibility index (Phi) is 4.79. The van der Waals surface area contributed by atoms with Crippen LogP contribution in [0, 0.1) is 12.7 Å². The monoisotopic (exact) mass is 418 g/mol. The molecule has 3 aromatic rings. The van der Waals surface area contributed by atoms with Crippen LogP contribution in [0.1, 0.15) is 42.5 Å². The average Bonchev–Trinajstić information content (AvgIpc) is 3.21. The molecule has 7 heteroatoms. The minimum atomic E-state index is -4.04. The largest absolute Gasteiger partial charge is 0.271 e. The fourth-order valence-electron chi connectivity index (χ4n) is 3.99. The van der Waals surface area contributed by atoms with Gasteiger partial charge < -0.3 is 0 Å². The summed E-state index contributed by atoms with van der Waals surface area (Å²) in [5.41, 5.74) is 3.16. The maximum Gasteiger partial charge on any atom is 0.271 e. The van der Waals surface area contributed by atoms with Gasteiger partial charge in [-0.1, -0.05) is 30.7 Å². The van der Waals surface area contributed by atoms with Gasteiger partial charge in [0, 0.05) is 17.5 Å². The van der Waals surface area contributed by atoms with Crippen molar-refractivity contribution in [2.24, 2.45) is 0 Å². The molecular formula is C21H20ClFN2O2S. The van der Waals surface area contributed by atoms with Gasteiger partial charge in [-0.25, -0.2) is 21.8 Å². The van der Waals surface area contributed by atoms with E-state index in [4.69, 9.17) is 11.6 Å². The van der Waals surface area contributed by atoms with Crippen LogP contribution in [0.5, 0.6) is 0 Å². The van der Waals surface area contributed by atoms with Crippen molar-refractivity contribution in [2.75, 3.05) is 0 Å². The zero-order valence-electron chi connectivity index (χ0n) is 15.6. The molecule has 0 bridgehead atoms. The van der Waals surface area contributed by atoms with Crippen LogP contribution in [0.2, 0.25) is 5.15 Å². The van der Waals surface area contributed by atoms with E-state index in [0.29, 0.717) is 11.4 Å². The minimum Gasteiger partial charge on any atom is -0.240 e. The predicted molar refractivity (Wildman–Crippen MR) is 108 cm³/mol. The molecule has 1 aromatic carbocycles. The Labute approximate surface area is 169 Å². The van der Waals surface area contributed by atoms with Crippen LogP contribution in [0.25, 0.3) is 11.3 Å². The van der Waals surface area contributed by atoms with Crippen molar-refractivity contribution >= 4 is 21.6 Å². The van der Waals surface area contributed by atoms with E-state index in [2.05, 4.69) is 11.9 Å². The summed E-state index contributed by atoms with van der Waals surface area (Å²) in [6.07, 6.45) is 4.21. The normalized spacial score (nSPS) is 16.4. The highest BCUT2D eigenvalue weighted by atomic mass is 35.5. The van der Waals surface area contributed by atoms with Crippen molar-refractivity contribution < 1.29 is 12.8 Å². The second-order valence-corrected chi connectivity index (χ2v) is 9.22. The Hall–Kier alpha value is -2.18. The summed E-state index contributed by atoms with van der Waals surface area (Å²) < 4.78 is 42.8. The number of aryl methyl sites for hydroxylation is 1. The van der Waals surface area contributed by atoms with E-state index < -0.39 is 15.8 Å². The molecule has 0 saturated heterocycles. The molecule has 0 amide bonds. The van der Waals surface area contributed by atoms with Crippen LogP contribution in [0.3, 0.4) is 0 Å². The smallest absolute Gasteiger partial charge is 0.240 e. The van der Waals surface area contributed by atoms with Gasteiger partial charge in [-0.2, -0.15) is 0 Å². The summed E-state index contributed by atoms with van der Waals surface area (Å²) >= 11 is 6.17. The van der Waals surface area contributed by atoms with Crippen LogP contribution in [-0.2, 0) is 16.4 Å². The summed E-state index contributed by atoms with van der Waals surface area (Å²) in [6.45, 7) is 3.82. The predicted octanol–water partition coefficient (Wildman–Crippen LogP) is 5.33. The van der Waals surface area contributed by atoms with E-state index >= 15 is 0 Å². The quantitative estimate of drug-likeness (QED) is 0.538. The zero-order chi connectivity index (χ0) is 20.1. The van der Waals surface area contributed by atoms with Crippen molar-refractivity contribution in [2.45, 2.75) is 43.9 Å². The summed E-state index contributed by atoms with van der Waals surface area (Å²) in [5.74, 6) is -0.184. The second kappa shape index (κ2) is 7.01. The Morgan fingerprint density at radius 3 is 2.68 bits per heavy atom. The third kappa shape index (κ3) is 2.95. The van der Waals surface area contributed by atoms with Gasteiger partial charge in [0.25, 0.3) is 10.0 Å². The van der Waals surface area contributed by atoms with Crippen molar-refractivity contribution in [1.82, 2.24) is 8.96 Å². The lowest BCUT2D eigenvalue weighted by molar-refractivity contribution is 0.585. The van der Waals surface area contributed by atoms with Gasteiger partial charge >= 0.3 is 0 Å². The Bertz CT molecular complexity index is 1170. The van der Waals surface area contributed by atoms with Crippen LogP contribution in [0.15, 0.2) is 47.5 Å². The molecule has 2 aromatic heterocycles. The van der Waals surface area contributed by atoms with Gasteiger partial charge in [-0.15, -0.1) is 0 Å². The summed E-state index contributed by atoms with van der Waals surface area (Å²) in [4.78, 5) is 3.99. The van der Waals surface area contributed by atoms with E-state index in [-0.39, 0.29) is 21.5 Å². The van der Waals surface area contributed by atoms with Gasteiger partial charge in [0.2, 0.25) is 0 Å². The van der Waals surface area contributed by atoms with E-state index in [1.165, 1.54) is 16.1 Å². The third-order valence-electron chi connectivity index (χ3n) is 5.41. The number of aromatic nitrogens is 2. The first-order valence-corrected chi connectivity index (χ1v) is 11.0. The molecule has 4 nitrogen and oxygen atoms in total. The average molecular weight is 419 g/mol. The number of hydrogen-bond acceptors (Lipinski definition) is 3. The number of halogens is 2. The number of nitrogens with zero attached hydrogens (tertiary/aromatic N) is 2. The molecule has 146 valence electrons. The SMILES string of the molecule is CCC1CCc2c1cn(S(=O)(=O)c1ccc(C)nc1Cl)c2-c1ccccc1F. The van der Waals surface area contributed by atoms with Gasteiger partial charge in [0.05, 0.1) is 5.69 Å². The number of benzene rings is 1. The second-order valence-electron chi connectivity index (χ2n) is 7.08. The number of hydrogen-bond donors (Lipinski definition) is 0. The van der Waals surface area contributed by atoms with Crippen molar-refractivity contribution in [1.29, 1.82) is 0 Å². The van der Waals surface area contributed by atoms with Crippen LogP contribution in [-0.4, -0.2) is 17.4 Å². The highest BCUT2D eigenvalue weighted by Gasteiger charge is 2.34. The van der Waals surface area contributed by atoms with Crippen molar-refractivity contribution in [3.63, 3.8) is 0 Å². The molecule has 0 aliphatic heterocycles. The van der Waals surface area contributed by atoms with Crippen LogP contribution >= 0.6 is 11.6 Å². The fourth-order valence-corrected chi connectivity index (χ4v) is 5.89. The first-order valence-electron chi connectivity index (χ1n) is 9.22. The first-order chi connectivity index (χ1) is 13.3. The number of fused-ring (bicyclic) bond motifs is 1. The molecule has 28 heavy (non-hydrogen) atoms. The molecule has 0 N–H and O–H groups in total. The van der Waals surface area contributed by atoms with Gasteiger partial charge in [-0.3, -0.25) is 0 Å². The molecule has 1 aliphatic rings. The van der Waals surface area contributed by atoms with E-state index in [1.807, 2.05) is 0 Å². The highest BCUT2D eigenvalue weighted by molar-refractivity contribution is 7.90. The zero-order valence-corrected chi connectivity index (χ0v) is 17.2. The van der Waals surface area contributed by atoms with E-state index in [9.17, 15) is 12.8 Å². The minimum absolute atomic E-state index is 0.0830. The summed E-state index contributed by atoms with van der Waals surface area (Å²) in [6, 6.07) is 9.32. The molecule has 4 rings (SSSR count). The summed E-state index contributed by atoms with van der Waals surface area (Å²) in [7, 11) is -4.04. The molecular weight excluding hydrogens is 399 g/mol. The Morgan fingerprint density at radius 2 is 2.00 bits per heavy atom. The number of pyridine rings is 1. The Balaban J connectivity index is 2.01. The summed E-state index contributed by atoms with van der Waals surface area (Å²) in [5, 5.41) is -0.0830. The van der Waals surface area contributed by atoms with Crippen LogP contribution < -0.4 is 0 Å². The maximum absolute atomic E-state index is 14.7. The molecule has 0 fully saturated rings. The van der Waals surface area contributed by atoms with E-state index in [1.54, 1.807) is 37.4 Å². The van der Waals surface area contributed by atoms with Gasteiger partial charge in [-0.05, 0) is 67.5 Å².